The van der Waals surface area contributed by atoms with Crippen molar-refractivity contribution in [3.8, 4) is 17.0 Å². The predicted molar refractivity (Wildman–Crippen MR) is 148 cm³/mol. The Morgan fingerprint density at radius 1 is 1.13 bits per heavy atom. The van der Waals surface area contributed by atoms with Crippen LogP contribution in [-0.4, -0.2) is 71.5 Å². The third-order valence-electron chi connectivity index (χ3n) is 6.16. The second-order valence-electron chi connectivity index (χ2n) is 9.28. The van der Waals surface area contributed by atoms with Gasteiger partial charge in [0.15, 0.2) is 0 Å². The number of hydrogen-bond donors (Lipinski definition) is 2. The maximum atomic E-state index is 13.7. The van der Waals surface area contributed by atoms with Crippen LogP contribution < -0.4 is 10.3 Å². The number of fused-ring (bicyclic) bond motifs is 1. The Morgan fingerprint density at radius 2 is 1.87 bits per heavy atom. The molecule has 3 rings (SSSR count). The topological polar surface area (TPSA) is 144 Å². The number of sulfonamides is 1. The summed E-state index contributed by atoms with van der Waals surface area (Å²) in [7, 11) is -2.27. The number of aryl methyl sites for hydroxylation is 2. The number of carbonyl (C=O) groups is 1. The first-order chi connectivity index (χ1) is 18.6. The molecule has 12 heteroatoms. The van der Waals surface area contributed by atoms with E-state index in [2.05, 4.69) is 10.1 Å². The molecule has 0 saturated carbocycles. The van der Waals surface area contributed by atoms with Gasteiger partial charge in [-0.05, 0) is 49.9 Å². The lowest BCUT2D eigenvalue weighted by Crippen LogP contribution is -2.34. The van der Waals surface area contributed by atoms with Crippen LogP contribution in [0.1, 0.15) is 52.1 Å². The summed E-state index contributed by atoms with van der Waals surface area (Å²) in [6.07, 6.45) is 2.85. The van der Waals surface area contributed by atoms with Gasteiger partial charge in [0.1, 0.15) is 11.3 Å². The monoisotopic (exact) mass is 562 g/mol. The van der Waals surface area contributed by atoms with Crippen molar-refractivity contribution in [3.05, 3.63) is 40.3 Å². The van der Waals surface area contributed by atoms with Gasteiger partial charge in [-0.25, -0.2) is 8.42 Å². The van der Waals surface area contributed by atoms with Crippen LogP contribution in [0.4, 0.5) is 0 Å². The lowest BCUT2D eigenvalue weighted by molar-refractivity contribution is -0.141. The van der Waals surface area contributed by atoms with Gasteiger partial charge in [-0.3, -0.25) is 14.3 Å². The Kier molecular flexibility index (Phi) is 10.7. The van der Waals surface area contributed by atoms with Gasteiger partial charge in [0.25, 0.3) is 5.56 Å². The molecular weight excluding hydrogens is 524 g/mol. The largest absolute Gasteiger partial charge is 0.493 e. The number of pyridine rings is 1. The number of rotatable bonds is 15. The van der Waals surface area contributed by atoms with Crippen molar-refractivity contribution in [3.63, 3.8) is 0 Å². The van der Waals surface area contributed by atoms with E-state index in [1.807, 2.05) is 19.9 Å². The number of esters is 1. The van der Waals surface area contributed by atoms with Gasteiger partial charge in [0.05, 0.1) is 29.5 Å². The van der Waals surface area contributed by atoms with E-state index in [1.54, 1.807) is 17.8 Å². The Morgan fingerprint density at radius 3 is 2.54 bits per heavy atom. The second-order valence-corrected chi connectivity index (χ2v) is 11.2. The quantitative estimate of drug-likeness (QED) is 0.213. The number of carbonyl (C=O) groups excluding carboxylic acids is 1. The molecule has 2 heterocycles. The Hall–Kier alpha value is -3.22. The van der Waals surface area contributed by atoms with Gasteiger partial charge in [-0.15, -0.1) is 0 Å². The van der Waals surface area contributed by atoms with Crippen molar-refractivity contribution < 1.29 is 27.8 Å². The first-order valence-corrected chi connectivity index (χ1v) is 14.7. The summed E-state index contributed by atoms with van der Waals surface area (Å²) in [6.45, 7) is 5.83. The van der Waals surface area contributed by atoms with E-state index in [9.17, 15) is 23.1 Å². The van der Waals surface area contributed by atoms with Gasteiger partial charge in [0, 0.05) is 44.6 Å². The van der Waals surface area contributed by atoms with Gasteiger partial charge in [0.2, 0.25) is 10.0 Å². The van der Waals surface area contributed by atoms with Crippen molar-refractivity contribution >= 4 is 26.9 Å². The third-order valence-corrected chi connectivity index (χ3v) is 8.06. The smallest absolute Gasteiger partial charge is 0.302 e. The standard InChI is InChI=1S/C27H38N4O7S/c1-5-9-23-22-18-24(28-27(34)26(22)30(4)29-23)21-17-20(10-11-25(21)38-15-6-2)39(35,36)31(12-7-14-32)13-8-16-37-19(3)33/h10-11,17-18,32H,5-9,12-16H2,1-4H3,(H,28,34). The maximum absolute atomic E-state index is 13.7. The van der Waals surface area contributed by atoms with Crippen LogP contribution in [0.25, 0.3) is 22.2 Å². The lowest BCUT2D eigenvalue weighted by Gasteiger charge is -2.23. The summed E-state index contributed by atoms with van der Waals surface area (Å²) in [5, 5.41) is 14.6. The van der Waals surface area contributed by atoms with Crippen LogP contribution in [0.3, 0.4) is 0 Å². The minimum atomic E-state index is -3.99. The van der Waals surface area contributed by atoms with E-state index in [0.717, 1.165) is 18.5 Å². The van der Waals surface area contributed by atoms with Crippen LogP contribution in [0.2, 0.25) is 0 Å². The summed E-state index contributed by atoms with van der Waals surface area (Å²) in [5.41, 5.74) is 1.79. The van der Waals surface area contributed by atoms with E-state index < -0.39 is 16.0 Å². The second kappa shape index (κ2) is 13.7. The Balaban J connectivity index is 2.10. The first kappa shape index (κ1) is 30.3. The Bertz CT molecular complexity index is 1450. The van der Waals surface area contributed by atoms with Gasteiger partial charge < -0.3 is 19.6 Å². The van der Waals surface area contributed by atoms with E-state index in [1.165, 1.54) is 23.4 Å². The number of aromatic nitrogens is 3. The highest BCUT2D eigenvalue weighted by Crippen LogP contribution is 2.34. The van der Waals surface area contributed by atoms with E-state index >= 15 is 0 Å². The van der Waals surface area contributed by atoms with Crippen LogP contribution in [0.15, 0.2) is 34.0 Å². The molecule has 0 aliphatic heterocycles. The van der Waals surface area contributed by atoms with Crippen LogP contribution in [0.5, 0.6) is 5.75 Å². The van der Waals surface area contributed by atoms with Crippen molar-refractivity contribution in [1.82, 2.24) is 19.1 Å². The zero-order valence-electron chi connectivity index (χ0n) is 23.0. The molecule has 0 aliphatic carbocycles. The van der Waals surface area contributed by atoms with E-state index in [4.69, 9.17) is 9.47 Å². The molecule has 0 radical (unpaired) electrons. The number of benzene rings is 1. The molecule has 0 fully saturated rings. The number of aliphatic hydroxyl groups excluding tert-OH is 1. The molecule has 0 spiro atoms. The lowest BCUT2D eigenvalue weighted by atomic mass is 10.1. The fourth-order valence-electron chi connectivity index (χ4n) is 4.37. The number of ether oxygens (including phenoxy) is 2. The molecule has 1 aromatic carbocycles. The van der Waals surface area contributed by atoms with Gasteiger partial charge in [-0.2, -0.15) is 9.40 Å². The summed E-state index contributed by atoms with van der Waals surface area (Å²) in [5.74, 6) is 0.0113. The average molecular weight is 563 g/mol. The molecule has 2 aromatic heterocycles. The number of aromatic amines is 1. The number of nitrogens with zero attached hydrogens (tertiary/aromatic N) is 3. The third kappa shape index (κ3) is 7.25. The molecule has 0 atom stereocenters. The summed E-state index contributed by atoms with van der Waals surface area (Å²) < 4.78 is 41.1. The number of H-pyrrole nitrogens is 1. The molecule has 39 heavy (non-hydrogen) atoms. The molecule has 0 saturated heterocycles. The zero-order valence-corrected chi connectivity index (χ0v) is 23.8. The van der Waals surface area contributed by atoms with Crippen LogP contribution in [-0.2, 0) is 33.0 Å². The first-order valence-electron chi connectivity index (χ1n) is 13.2. The van der Waals surface area contributed by atoms with E-state index in [-0.39, 0.29) is 43.2 Å². The number of nitrogens with one attached hydrogen (secondary N) is 1. The fraction of sp³-hybridized carbons (Fsp3) is 0.519. The zero-order chi connectivity index (χ0) is 28.6. The fourth-order valence-corrected chi connectivity index (χ4v) is 5.91. The molecule has 214 valence electrons. The average Bonchev–Trinajstić information content (AvgIpc) is 3.22. The SMILES string of the molecule is CCCOc1ccc(S(=O)(=O)N(CCCO)CCCOC(C)=O)cc1-c1cc2c(CCC)nn(C)c2c(=O)[nH]1. The summed E-state index contributed by atoms with van der Waals surface area (Å²) in [4.78, 5) is 27.1. The molecule has 0 aliphatic rings. The molecular formula is C27H38N4O7S. The van der Waals surface area contributed by atoms with E-state index in [0.29, 0.717) is 47.4 Å². The highest BCUT2D eigenvalue weighted by molar-refractivity contribution is 7.89. The molecule has 0 amide bonds. The normalized spacial score (nSPS) is 11.8. The molecule has 2 N–H and O–H groups in total. The van der Waals surface area contributed by atoms with Gasteiger partial charge in [-0.1, -0.05) is 20.3 Å². The summed E-state index contributed by atoms with van der Waals surface area (Å²) in [6, 6.07) is 6.40. The summed E-state index contributed by atoms with van der Waals surface area (Å²) >= 11 is 0. The highest BCUT2D eigenvalue weighted by atomic mass is 32.2. The molecule has 11 nitrogen and oxygen atoms in total. The molecule has 0 unspecified atom stereocenters. The minimum absolute atomic E-state index is 0.0210. The minimum Gasteiger partial charge on any atom is -0.493 e. The molecule has 0 bridgehead atoms. The van der Waals surface area contributed by atoms with Gasteiger partial charge >= 0.3 is 5.97 Å². The van der Waals surface area contributed by atoms with Crippen molar-refractivity contribution in [2.45, 2.75) is 57.8 Å². The predicted octanol–water partition coefficient (Wildman–Crippen LogP) is 3.00. The molecule has 3 aromatic rings. The van der Waals surface area contributed by atoms with Crippen LogP contribution >= 0.6 is 0 Å². The van der Waals surface area contributed by atoms with Crippen molar-refractivity contribution in [2.75, 3.05) is 32.9 Å². The van der Waals surface area contributed by atoms with Crippen molar-refractivity contribution in [2.24, 2.45) is 7.05 Å². The number of aliphatic hydroxyl groups is 1. The highest BCUT2D eigenvalue weighted by Gasteiger charge is 2.26. The number of hydrogen-bond acceptors (Lipinski definition) is 8. The van der Waals surface area contributed by atoms with Crippen molar-refractivity contribution in [1.29, 1.82) is 0 Å². The Labute approximate surface area is 228 Å². The van der Waals surface area contributed by atoms with Crippen LogP contribution in [0, 0.1) is 0 Å². The maximum Gasteiger partial charge on any atom is 0.302 e.